The van der Waals surface area contributed by atoms with Gasteiger partial charge in [0.25, 0.3) is 5.91 Å². The molecule has 0 aromatic heterocycles. The average molecular weight is 249 g/mol. The number of phenols is 2. The molecule has 0 bridgehead atoms. The summed E-state index contributed by atoms with van der Waals surface area (Å²) in [5.74, 6) is -2.64. The Labute approximate surface area is 100 Å². The number of carbonyl (C=O) groups excluding carboxylic acids is 1. The number of primary amides is 1. The normalized spacial score (nSPS) is 10.7. The zero-order valence-corrected chi connectivity index (χ0v) is 8.82. The van der Waals surface area contributed by atoms with Gasteiger partial charge >= 0.3 is 5.69 Å². The number of benzene rings is 1. The molecule has 18 heavy (non-hydrogen) atoms. The first-order valence-corrected chi connectivity index (χ1v) is 4.48. The summed E-state index contributed by atoms with van der Waals surface area (Å²) in [5.41, 5.74) is 3.70. The highest BCUT2D eigenvalue weighted by Gasteiger charge is 2.18. The van der Waals surface area contributed by atoms with Gasteiger partial charge in [-0.05, 0) is 17.7 Å². The molecular weight excluding hydrogens is 242 g/mol. The van der Waals surface area contributed by atoms with Gasteiger partial charge in [0.2, 0.25) is 5.75 Å². The molecule has 0 saturated heterocycles. The van der Waals surface area contributed by atoms with Crippen LogP contribution in [0.2, 0.25) is 0 Å². The van der Waals surface area contributed by atoms with Gasteiger partial charge in [-0.1, -0.05) is 0 Å². The molecule has 0 spiro atoms. The van der Waals surface area contributed by atoms with Crippen LogP contribution in [0, 0.1) is 21.4 Å². The maximum absolute atomic E-state index is 10.8. The van der Waals surface area contributed by atoms with E-state index in [0.717, 1.165) is 18.2 Å². The maximum Gasteiger partial charge on any atom is 0.315 e. The van der Waals surface area contributed by atoms with Crippen molar-refractivity contribution >= 4 is 17.7 Å². The minimum Gasteiger partial charge on any atom is -0.504 e. The van der Waals surface area contributed by atoms with E-state index in [1.165, 1.54) is 6.07 Å². The fraction of sp³-hybridized carbons (Fsp3) is 0. The summed E-state index contributed by atoms with van der Waals surface area (Å²) < 4.78 is 0. The van der Waals surface area contributed by atoms with Gasteiger partial charge in [0.15, 0.2) is 5.75 Å². The predicted molar refractivity (Wildman–Crippen MR) is 59.2 cm³/mol. The molecule has 1 aromatic carbocycles. The molecule has 0 aliphatic heterocycles. The summed E-state index contributed by atoms with van der Waals surface area (Å²) in [4.78, 5) is 20.4. The zero-order chi connectivity index (χ0) is 13.9. The summed E-state index contributed by atoms with van der Waals surface area (Å²) in [6.07, 6.45) is 0.967. The first kappa shape index (κ1) is 13.0. The van der Waals surface area contributed by atoms with Crippen LogP contribution in [-0.2, 0) is 4.79 Å². The number of hydrogen-bond donors (Lipinski definition) is 3. The number of phenolic OH excluding ortho intramolecular Hbond substituents is 2. The molecule has 1 amide bonds. The molecule has 92 valence electrons. The number of nitrogens with zero attached hydrogens (tertiary/aromatic N) is 2. The fourth-order valence-electron chi connectivity index (χ4n) is 1.17. The Morgan fingerprint density at radius 1 is 1.50 bits per heavy atom. The van der Waals surface area contributed by atoms with Crippen LogP contribution in [0.5, 0.6) is 11.5 Å². The number of nitriles is 1. The van der Waals surface area contributed by atoms with E-state index in [1.54, 1.807) is 0 Å². The highest BCUT2D eigenvalue weighted by molar-refractivity contribution is 6.00. The Morgan fingerprint density at radius 3 is 2.56 bits per heavy atom. The molecule has 0 heterocycles. The monoisotopic (exact) mass is 249 g/mol. The van der Waals surface area contributed by atoms with Crippen molar-refractivity contribution in [3.05, 3.63) is 33.4 Å². The summed E-state index contributed by atoms with van der Waals surface area (Å²) in [6, 6.07) is 3.36. The third-order valence-corrected chi connectivity index (χ3v) is 1.99. The van der Waals surface area contributed by atoms with Crippen LogP contribution in [0.25, 0.3) is 6.08 Å². The van der Waals surface area contributed by atoms with Crippen molar-refractivity contribution in [2.24, 2.45) is 5.73 Å². The topological polar surface area (TPSA) is 150 Å². The van der Waals surface area contributed by atoms with Crippen LogP contribution in [0.1, 0.15) is 5.56 Å². The van der Waals surface area contributed by atoms with Gasteiger partial charge in [0, 0.05) is 6.07 Å². The second kappa shape index (κ2) is 4.84. The number of nitrogens with two attached hydrogens (primary N) is 1. The lowest BCUT2D eigenvalue weighted by molar-refractivity contribution is -0.386. The van der Waals surface area contributed by atoms with Crippen LogP contribution in [0.3, 0.4) is 0 Å². The predicted octanol–water partition coefficient (Wildman–Crippen LogP) is 0.398. The summed E-state index contributed by atoms with van der Waals surface area (Å²) in [6.45, 7) is 0. The largest absolute Gasteiger partial charge is 0.504 e. The third kappa shape index (κ3) is 2.53. The highest BCUT2D eigenvalue weighted by atomic mass is 16.6. The van der Waals surface area contributed by atoms with Crippen molar-refractivity contribution in [1.29, 1.82) is 5.26 Å². The second-order valence-electron chi connectivity index (χ2n) is 3.20. The van der Waals surface area contributed by atoms with E-state index in [9.17, 15) is 25.1 Å². The molecular formula is C10H7N3O5. The Morgan fingerprint density at radius 2 is 2.11 bits per heavy atom. The second-order valence-corrected chi connectivity index (χ2v) is 3.20. The minimum atomic E-state index is -1.01. The number of hydrogen-bond acceptors (Lipinski definition) is 6. The summed E-state index contributed by atoms with van der Waals surface area (Å²) in [7, 11) is 0. The molecule has 0 fully saturated rings. The van der Waals surface area contributed by atoms with Crippen LogP contribution < -0.4 is 5.73 Å². The molecule has 8 heteroatoms. The van der Waals surface area contributed by atoms with Gasteiger partial charge in [-0.3, -0.25) is 14.9 Å². The fourth-order valence-corrected chi connectivity index (χ4v) is 1.17. The quantitative estimate of drug-likeness (QED) is 0.232. The number of rotatable bonds is 3. The van der Waals surface area contributed by atoms with E-state index in [0.29, 0.717) is 0 Å². The standard InChI is InChI=1S/C10H7N3O5/c11-4-6(10(12)16)1-5-2-7(13(17)18)9(15)8(14)3-5/h1-3,14-15H,(H2,12,16). The zero-order valence-electron chi connectivity index (χ0n) is 8.82. The van der Waals surface area contributed by atoms with Crippen molar-refractivity contribution in [2.75, 3.05) is 0 Å². The summed E-state index contributed by atoms with van der Waals surface area (Å²) >= 11 is 0. The number of carbonyl (C=O) groups is 1. The van der Waals surface area contributed by atoms with E-state index in [4.69, 9.17) is 11.0 Å². The number of nitro benzene ring substituents is 1. The van der Waals surface area contributed by atoms with Crippen molar-refractivity contribution in [1.82, 2.24) is 0 Å². The van der Waals surface area contributed by atoms with Gasteiger partial charge in [0.1, 0.15) is 11.6 Å². The molecule has 0 saturated carbocycles. The lowest BCUT2D eigenvalue weighted by Crippen LogP contribution is -2.12. The molecule has 0 radical (unpaired) electrons. The van der Waals surface area contributed by atoms with E-state index >= 15 is 0 Å². The van der Waals surface area contributed by atoms with E-state index < -0.39 is 33.6 Å². The van der Waals surface area contributed by atoms with Crippen molar-refractivity contribution in [2.45, 2.75) is 0 Å². The molecule has 1 rings (SSSR count). The van der Waals surface area contributed by atoms with Gasteiger partial charge in [-0.2, -0.15) is 5.26 Å². The molecule has 8 nitrogen and oxygen atoms in total. The number of aromatic hydroxyl groups is 2. The van der Waals surface area contributed by atoms with E-state index in [-0.39, 0.29) is 5.56 Å². The number of nitro groups is 1. The lowest BCUT2D eigenvalue weighted by atomic mass is 10.1. The van der Waals surface area contributed by atoms with Crippen LogP contribution in [-0.4, -0.2) is 21.0 Å². The summed E-state index contributed by atoms with van der Waals surface area (Å²) in [5, 5.41) is 37.7. The Balaban J connectivity index is 3.41. The van der Waals surface area contributed by atoms with Gasteiger partial charge in [-0.15, -0.1) is 0 Å². The minimum absolute atomic E-state index is 0.00708. The van der Waals surface area contributed by atoms with Crippen LogP contribution in [0.4, 0.5) is 5.69 Å². The molecule has 1 aromatic rings. The van der Waals surface area contributed by atoms with Crippen molar-refractivity contribution in [3.8, 4) is 17.6 Å². The third-order valence-electron chi connectivity index (χ3n) is 1.99. The molecule has 0 aliphatic carbocycles. The van der Waals surface area contributed by atoms with Gasteiger partial charge in [0.05, 0.1) is 4.92 Å². The number of amides is 1. The maximum atomic E-state index is 10.8. The van der Waals surface area contributed by atoms with Crippen LogP contribution >= 0.6 is 0 Å². The first-order valence-electron chi connectivity index (χ1n) is 4.48. The average Bonchev–Trinajstić information content (AvgIpc) is 2.29. The van der Waals surface area contributed by atoms with Crippen molar-refractivity contribution in [3.63, 3.8) is 0 Å². The molecule has 0 unspecified atom stereocenters. The highest BCUT2D eigenvalue weighted by Crippen LogP contribution is 2.36. The lowest BCUT2D eigenvalue weighted by Gasteiger charge is -2.01. The van der Waals surface area contributed by atoms with E-state index in [1.807, 2.05) is 0 Å². The SMILES string of the molecule is N#CC(=Cc1cc(O)c(O)c([N+](=O)[O-])c1)C(N)=O. The van der Waals surface area contributed by atoms with Crippen LogP contribution in [0.15, 0.2) is 17.7 Å². The molecule has 0 atom stereocenters. The smallest absolute Gasteiger partial charge is 0.315 e. The molecule has 4 N–H and O–H groups in total. The Bertz CT molecular complexity index is 600. The van der Waals surface area contributed by atoms with Crippen molar-refractivity contribution < 1.29 is 19.9 Å². The van der Waals surface area contributed by atoms with E-state index in [2.05, 4.69) is 0 Å². The first-order chi connectivity index (χ1) is 8.36. The Kier molecular flexibility index (Phi) is 3.49. The van der Waals surface area contributed by atoms with Gasteiger partial charge < -0.3 is 15.9 Å². The van der Waals surface area contributed by atoms with Gasteiger partial charge in [-0.25, -0.2) is 0 Å². The molecule has 0 aliphatic rings. The Hall–Kier alpha value is -3.08.